The zero-order chi connectivity index (χ0) is 24.0. The summed E-state index contributed by atoms with van der Waals surface area (Å²) in [4.78, 5) is 27.3. The molecule has 1 fully saturated rings. The van der Waals surface area contributed by atoms with Crippen molar-refractivity contribution in [3.63, 3.8) is 0 Å². The number of methoxy groups -OCH3 is 1. The van der Waals surface area contributed by atoms with Gasteiger partial charge in [-0.25, -0.2) is 13.2 Å². The second kappa shape index (κ2) is 11.1. The van der Waals surface area contributed by atoms with Crippen LogP contribution in [0.1, 0.15) is 24.2 Å². The molecule has 180 valence electrons. The molecule has 2 aromatic rings. The van der Waals surface area contributed by atoms with Gasteiger partial charge in [-0.05, 0) is 31.5 Å². The molecule has 1 aromatic heterocycles. The monoisotopic (exact) mass is 495 g/mol. The van der Waals surface area contributed by atoms with E-state index in [-0.39, 0.29) is 24.8 Å². The number of hydrogen-bond acceptors (Lipinski definition) is 8. The molecule has 9 nitrogen and oxygen atoms in total. The van der Waals surface area contributed by atoms with Crippen LogP contribution in [-0.2, 0) is 19.6 Å². The molecule has 0 bridgehead atoms. The van der Waals surface area contributed by atoms with Crippen molar-refractivity contribution in [2.45, 2.75) is 13.8 Å². The number of piperazine rings is 1. The van der Waals surface area contributed by atoms with Crippen LogP contribution < -0.4 is 10.1 Å². The third kappa shape index (κ3) is 6.11. The Bertz CT molecular complexity index is 1070. The van der Waals surface area contributed by atoms with E-state index in [2.05, 4.69) is 5.32 Å². The van der Waals surface area contributed by atoms with Crippen molar-refractivity contribution < 1.29 is 27.5 Å². The number of esters is 1. The fourth-order valence-corrected chi connectivity index (χ4v) is 5.61. The van der Waals surface area contributed by atoms with Crippen molar-refractivity contribution in [2.24, 2.45) is 0 Å². The molecule has 1 aliphatic rings. The van der Waals surface area contributed by atoms with E-state index in [0.29, 0.717) is 48.1 Å². The Morgan fingerprint density at radius 1 is 1.09 bits per heavy atom. The summed E-state index contributed by atoms with van der Waals surface area (Å²) in [5.41, 5.74) is 1.80. The van der Waals surface area contributed by atoms with E-state index in [1.165, 1.54) is 15.6 Å². The van der Waals surface area contributed by atoms with Crippen LogP contribution in [0.15, 0.2) is 29.6 Å². The topological polar surface area (TPSA) is 105 Å². The molecule has 1 N–H and O–H groups in total. The summed E-state index contributed by atoms with van der Waals surface area (Å²) in [6.45, 7) is 5.34. The van der Waals surface area contributed by atoms with Gasteiger partial charge in [0.2, 0.25) is 15.9 Å². The standard InChI is InChI=1S/C22H29N3O6S2/c1-4-31-22(27)20-18(16-6-8-17(30-3)9-7-16)15-32-21(20)23-19(26)14-24-10-12-25(13-11-24)33(28,29)5-2/h6-9,15H,4-5,10-14H2,1-3H3,(H,23,26). The van der Waals surface area contributed by atoms with Crippen LogP contribution in [0.3, 0.4) is 0 Å². The molecule has 33 heavy (non-hydrogen) atoms. The number of carbonyl (C=O) groups excluding carboxylic acids is 2. The highest BCUT2D eigenvalue weighted by Gasteiger charge is 2.27. The molecular formula is C22H29N3O6S2. The summed E-state index contributed by atoms with van der Waals surface area (Å²) >= 11 is 1.26. The molecule has 3 rings (SSSR count). The molecule has 0 unspecified atom stereocenters. The summed E-state index contributed by atoms with van der Waals surface area (Å²) < 4.78 is 35.9. The van der Waals surface area contributed by atoms with E-state index in [1.54, 1.807) is 33.1 Å². The normalized spacial score (nSPS) is 15.2. The van der Waals surface area contributed by atoms with Crippen molar-refractivity contribution in [1.29, 1.82) is 0 Å². The smallest absolute Gasteiger partial charge is 0.341 e. The van der Waals surface area contributed by atoms with Crippen LogP contribution in [0.25, 0.3) is 11.1 Å². The van der Waals surface area contributed by atoms with E-state index in [0.717, 1.165) is 5.56 Å². The maximum atomic E-state index is 12.7. The first kappa shape index (κ1) is 25.2. The van der Waals surface area contributed by atoms with Gasteiger partial charge in [0, 0.05) is 37.1 Å². The van der Waals surface area contributed by atoms with Crippen molar-refractivity contribution in [3.05, 3.63) is 35.2 Å². The molecule has 1 aliphatic heterocycles. The molecule has 1 aromatic carbocycles. The lowest BCUT2D eigenvalue weighted by molar-refractivity contribution is -0.117. The molecule has 0 saturated carbocycles. The number of sulfonamides is 1. The molecule has 0 atom stereocenters. The van der Waals surface area contributed by atoms with Gasteiger partial charge in [0.05, 0.1) is 26.0 Å². The second-order valence-corrected chi connectivity index (χ2v) is 10.6. The highest BCUT2D eigenvalue weighted by atomic mass is 32.2. The van der Waals surface area contributed by atoms with Crippen molar-refractivity contribution in [3.8, 4) is 16.9 Å². The Balaban J connectivity index is 1.71. The van der Waals surface area contributed by atoms with E-state index < -0.39 is 16.0 Å². The Hall–Kier alpha value is -2.47. The zero-order valence-corrected chi connectivity index (χ0v) is 20.6. The predicted molar refractivity (Wildman–Crippen MR) is 128 cm³/mol. The number of thiophene rings is 1. The van der Waals surface area contributed by atoms with Gasteiger partial charge in [0.1, 0.15) is 16.3 Å². The minimum atomic E-state index is -3.22. The largest absolute Gasteiger partial charge is 0.497 e. The molecule has 11 heteroatoms. The van der Waals surface area contributed by atoms with Gasteiger partial charge in [-0.15, -0.1) is 11.3 Å². The van der Waals surface area contributed by atoms with Crippen LogP contribution in [-0.4, -0.2) is 81.7 Å². The van der Waals surface area contributed by atoms with Gasteiger partial charge in [-0.2, -0.15) is 4.31 Å². The average Bonchev–Trinajstić information content (AvgIpc) is 3.23. The van der Waals surface area contributed by atoms with E-state index in [9.17, 15) is 18.0 Å². The van der Waals surface area contributed by atoms with E-state index >= 15 is 0 Å². The van der Waals surface area contributed by atoms with Crippen LogP contribution in [0.5, 0.6) is 5.75 Å². The number of nitrogens with one attached hydrogen (secondary N) is 1. The summed E-state index contributed by atoms with van der Waals surface area (Å²) in [5, 5.41) is 5.09. The highest BCUT2D eigenvalue weighted by Crippen LogP contribution is 2.36. The third-order valence-corrected chi connectivity index (χ3v) is 8.16. The lowest BCUT2D eigenvalue weighted by Gasteiger charge is -2.33. The van der Waals surface area contributed by atoms with E-state index in [4.69, 9.17) is 9.47 Å². The summed E-state index contributed by atoms with van der Waals surface area (Å²) in [7, 11) is -1.64. The lowest BCUT2D eigenvalue weighted by atomic mass is 10.0. The van der Waals surface area contributed by atoms with Crippen LogP contribution in [0, 0.1) is 0 Å². The van der Waals surface area contributed by atoms with Gasteiger partial charge in [-0.3, -0.25) is 9.69 Å². The van der Waals surface area contributed by atoms with Crippen LogP contribution in [0.4, 0.5) is 5.00 Å². The molecule has 1 amide bonds. The van der Waals surface area contributed by atoms with Crippen LogP contribution >= 0.6 is 11.3 Å². The quantitative estimate of drug-likeness (QED) is 0.533. The highest BCUT2D eigenvalue weighted by molar-refractivity contribution is 7.89. The number of hydrogen-bond donors (Lipinski definition) is 1. The predicted octanol–water partition coefficient (Wildman–Crippen LogP) is 2.51. The molecular weight excluding hydrogens is 466 g/mol. The Kier molecular flexibility index (Phi) is 8.46. The average molecular weight is 496 g/mol. The van der Waals surface area contributed by atoms with Crippen molar-refractivity contribution >= 4 is 38.2 Å². The summed E-state index contributed by atoms with van der Waals surface area (Å²) in [6.07, 6.45) is 0. The number of nitrogens with zero attached hydrogens (tertiary/aromatic N) is 2. The number of carbonyl (C=O) groups is 2. The SMILES string of the molecule is CCOC(=O)c1c(-c2ccc(OC)cc2)csc1NC(=O)CN1CCN(S(=O)(=O)CC)CC1. The molecule has 0 aliphatic carbocycles. The van der Waals surface area contributed by atoms with Gasteiger partial charge in [-0.1, -0.05) is 12.1 Å². The maximum Gasteiger partial charge on any atom is 0.341 e. The second-order valence-electron chi connectivity index (χ2n) is 7.43. The number of amides is 1. The third-order valence-electron chi connectivity index (χ3n) is 5.38. The number of benzene rings is 1. The van der Waals surface area contributed by atoms with E-state index in [1.807, 2.05) is 22.4 Å². The zero-order valence-electron chi connectivity index (χ0n) is 19.0. The Labute approximate surface area is 198 Å². The summed E-state index contributed by atoms with van der Waals surface area (Å²) in [6, 6.07) is 7.30. The first-order chi connectivity index (χ1) is 15.8. The van der Waals surface area contributed by atoms with Crippen LogP contribution in [0.2, 0.25) is 0 Å². The molecule has 1 saturated heterocycles. The van der Waals surface area contributed by atoms with Gasteiger partial charge < -0.3 is 14.8 Å². The number of rotatable bonds is 9. The van der Waals surface area contributed by atoms with Gasteiger partial charge in [0.15, 0.2) is 0 Å². The maximum absolute atomic E-state index is 12.7. The first-order valence-corrected chi connectivity index (χ1v) is 13.2. The number of ether oxygens (including phenoxy) is 2. The van der Waals surface area contributed by atoms with Crippen molar-refractivity contribution in [1.82, 2.24) is 9.21 Å². The Morgan fingerprint density at radius 3 is 2.33 bits per heavy atom. The Morgan fingerprint density at radius 2 is 1.76 bits per heavy atom. The fraction of sp³-hybridized carbons (Fsp3) is 0.455. The molecule has 2 heterocycles. The minimum Gasteiger partial charge on any atom is -0.497 e. The van der Waals surface area contributed by atoms with Gasteiger partial charge in [0.25, 0.3) is 0 Å². The fourth-order valence-electron chi connectivity index (χ4n) is 3.56. The first-order valence-electron chi connectivity index (χ1n) is 10.7. The summed E-state index contributed by atoms with van der Waals surface area (Å²) in [5.74, 6) is -0.000262. The van der Waals surface area contributed by atoms with Crippen molar-refractivity contribution in [2.75, 3.05) is 57.5 Å². The minimum absolute atomic E-state index is 0.0685. The lowest BCUT2D eigenvalue weighted by Crippen LogP contribution is -2.50. The molecule has 0 spiro atoms. The molecule has 0 radical (unpaired) electrons. The van der Waals surface area contributed by atoms with Gasteiger partial charge >= 0.3 is 5.97 Å². The number of anilines is 1.